The van der Waals surface area contributed by atoms with Gasteiger partial charge in [0.25, 0.3) is 0 Å². The van der Waals surface area contributed by atoms with Crippen LogP contribution < -0.4 is 4.74 Å². The van der Waals surface area contributed by atoms with Gasteiger partial charge in [0.1, 0.15) is 5.75 Å². The predicted octanol–water partition coefficient (Wildman–Crippen LogP) is 4.52. The van der Waals surface area contributed by atoms with Crippen LogP contribution >= 0.6 is 11.6 Å². The van der Waals surface area contributed by atoms with Crippen LogP contribution in [0.3, 0.4) is 0 Å². The van der Waals surface area contributed by atoms with Crippen molar-refractivity contribution in [2.24, 2.45) is 11.8 Å². The second kappa shape index (κ2) is 6.40. The molecule has 3 rings (SSSR count). The van der Waals surface area contributed by atoms with Crippen LogP contribution in [0.4, 0.5) is 0 Å². The van der Waals surface area contributed by atoms with E-state index >= 15 is 0 Å². The van der Waals surface area contributed by atoms with E-state index in [0.29, 0.717) is 23.3 Å². The number of hydrogen-bond donors (Lipinski definition) is 0. The molecule has 3 atom stereocenters. The Morgan fingerprint density at radius 1 is 1.26 bits per heavy atom. The van der Waals surface area contributed by atoms with Crippen molar-refractivity contribution in [3.63, 3.8) is 0 Å². The molecule has 0 saturated heterocycles. The summed E-state index contributed by atoms with van der Waals surface area (Å²) in [7, 11) is 3.06. The Bertz CT molecular complexity index is 690. The van der Waals surface area contributed by atoms with Crippen LogP contribution in [0.1, 0.15) is 31.2 Å². The molecule has 0 bridgehead atoms. The lowest BCUT2D eigenvalue weighted by Gasteiger charge is -2.20. The van der Waals surface area contributed by atoms with Crippen LogP contribution in [0.2, 0.25) is 5.02 Å². The summed E-state index contributed by atoms with van der Waals surface area (Å²) in [6.07, 6.45) is 5.95. The topological polar surface area (TPSA) is 35.5 Å². The molecule has 3 nitrogen and oxygen atoms in total. The van der Waals surface area contributed by atoms with E-state index in [0.717, 1.165) is 23.6 Å². The van der Waals surface area contributed by atoms with Crippen molar-refractivity contribution in [3.05, 3.63) is 52.1 Å². The fourth-order valence-corrected chi connectivity index (χ4v) is 3.71. The average molecular weight is 333 g/mol. The molecule has 0 radical (unpaired) electrons. The Labute approximate surface area is 141 Å². The zero-order valence-electron chi connectivity index (χ0n) is 13.6. The van der Waals surface area contributed by atoms with E-state index in [2.05, 4.69) is 13.0 Å². The molecule has 3 unspecified atom stereocenters. The molecule has 4 heteroatoms. The quantitative estimate of drug-likeness (QED) is 0.760. The van der Waals surface area contributed by atoms with Crippen LogP contribution in [0.15, 0.2) is 41.5 Å². The van der Waals surface area contributed by atoms with E-state index in [4.69, 9.17) is 21.1 Å². The smallest absolute Gasteiger partial charge is 0.337 e. The van der Waals surface area contributed by atoms with Gasteiger partial charge in [-0.25, -0.2) is 4.79 Å². The van der Waals surface area contributed by atoms with E-state index in [1.165, 1.54) is 18.2 Å². The van der Waals surface area contributed by atoms with Crippen LogP contribution in [-0.2, 0) is 9.53 Å². The summed E-state index contributed by atoms with van der Waals surface area (Å²) < 4.78 is 10.1. The van der Waals surface area contributed by atoms with Gasteiger partial charge in [0.15, 0.2) is 0 Å². The minimum atomic E-state index is -0.255. The van der Waals surface area contributed by atoms with Crippen molar-refractivity contribution in [2.45, 2.75) is 25.7 Å². The molecule has 1 aromatic carbocycles. The van der Waals surface area contributed by atoms with Gasteiger partial charge in [-0.05, 0) is 54.4 Å². The second-order valence-electron chi connectivity index (χ2n) is 6.27. The Balaban J connectivity index is 1.80. The highest BCUT2D eigenvalue weighted by Crippen LogP contribution is 2.56. The fourth-order valence-electron chi connectivity index (χ4n) is 3.40. The van der Waals surface area contributed by atoms with Gasteiger partial charge in [-0.1, -0.05) is 36.2 Å². The number of methoxy groups -OCH3 is 2. The monoisotopic (exact) mass is 332 g/mol. The minimum absolute atomic E-state index is 0.255. The molecule has 122 valence electrons. The molecule has 1 fully saturated rings. The predicted molar refractivity (Wildman–Crippen MR) is 90.8 cm³/mol. The van der Waals surface area contributed by atoms with Crippen LogP contribution in [0, 0.1) is 11.8 Å². The molecule has 1 aromatic rings. The Morgan fingerprint density at radius 3 is 2.70 bits per heavy atom. The molecular weight excluding hydrogens is 312 g/mol. The van der Waals surface area contributed by atoms with Crippen molar-refractivity contribution < 1.29 is 14.3 Å². The fraction of sp³-hybridized carbons (Fsp3) is 0.421. The number of carbonyl (C=O) groups is 1. The maximum Gasteiger partial charge on any atom is 0.337 e. The molecule has 0 N–H and O–H groups in total. The zero-order chi connectivity index (χ0) is 16.6. The van der Waals surface area contributed by atoms with Crippen molar-refractivity contribution in [3.8, 4) is 5.75 Å². The van der Waals surface area contributed by atoms with E-state index in [1.54, 1.807) is 7.11 Å². The minimum Gasteiger partial charge on any atom is -0.497 e. The largest absolute Gasteiger partial charge is 0.497 e. The molecule has 0 aromatic heterocycles. The highest BCUT2D eigenvalue weighted by molar-refractivity contribution is 6.31. The van der Waals surface area contributed by atoms with Gasteiger partial charge in [0.2, 0.25) is 0 Å². The average Bonchev–Trinajstić information content (AvgIpc) is 3.34. The van der Waals surface area contributed by atoms with Crippen LogP contribution in [-0.4, -0.2) is 20.2 Å². The van der Waals surface area contributed by atoms with E-state index in [-0.39, 0.29) is 5.97 Å². The SMILES string of the molecule is COC(=O)C1=CCC(C)C(C2CC2c2ccc(OC)cc2Cl)=C1. The molecule has 0 amide bonds. The van der Waals surface area contributed by atoms with Gasteiger partial charge in [0.05, 0.1) is 19.8 Å². The highest BCUT2D eigenvalue weighted by atomic mass is 35.5. The summed E-state index contributed by atoms with van der Waals surface area (Å²) in [5.41, 5.74) is 3.18. The Morgan fingerprint density at radius 2 is 2.04 bits per heavy atom. The van der Waals surface area contributed by atoms with Gasteiger partial charge in [-0.3, -0.25) is 0 Å². The number of hydrogen-bond acceptors (Lipinski definition) is 3. The summed E-state index contributed by atoms with van der Waals surface area (Å²) >= 11 is 6.40. The van der Waals surface area contributed by atoms with E-state index in [9.17, 15) is 4.79 Å². The maximum atomic E-state index is 11.8. The Kier molecular flexibility index (Phi) is 4.49. The van der Waals surface area contributed by atoms with Crippen molar-refractivity contribution in [1.29, 1.82) is 0 Å². The van der Waals surface area contributed by atoms with Gasteiger partial charge >= 0.3 is 5.97 Å². The number of allylic oxidation sites excluding steroid dienone is 2. The standard InChI is InChI=1S/C19H21ClO3/c1-11-4-5-12(19(21)23-3)8-15(11)17-10-16(17)14-7-6-13(22-2)9-18(14)20/h5-9,11,16-17H,4,10H2,1-3H3. The maximum absolute atomic E-state index is 11.8. The Hall–Kier alpha value is -1.74. The molecule has 0 spiro atoms. The number of ether oxygens (including phenoxy) is 2. The first-order chi connectivity index (χ1) is 11.0. The molecule has 23 heavy (non-hydrogen) atoms. The summed E-state index contributed by atoms with van der Waals surface area (Å²) in [5, 5.41) is 0.754. The van der Waals surface area contributed by atoms with Gasteiger partial charge < -0.3 is 9.47 Å². The third kappa shape index (κ3) is 3.16. The van der Waals surface area contributed by atoms with Crippen molar-refractivity contribution >= 4 is 17.6 Å². The summed E-state index contributed by atoms with van der Waals surface area (Å²) in [6.45, 7) is 2.21. The second-order valence-corrected chi connectivity index (χ2v) is 6.68. The molecule has 0 heterocycles. The number of rotatable bonds is 4. The molecule has 2 aliphatic rings. The van der Waals surface area contributed by atoms with E-state index in [1.807, 2.05) is 24.3 Å². The number of esters is 1. The van der Waals surface area contributed by atoms with Crippen molar-refractivity contribution in [1.82, 2.24) is 0 Å². The zero-order valence-corrected chi connectivity index (χ0v) is 14.4. The summed E-state index contributed by atoms with van der Waals surface area (Å²) in [6, 6.07) is 5.87. The normalized spacial score (nSPS) is 26.2. The molecule has 1 saturated carbocycles. The molecule has 2 aliphatic carbocycles. The first-order valence-corrected chi connectivity index (χ1v) is 8.26. The lowest BCUT2D eigenvalue weighted by Crippen LogP contribution is -2.12. The number of carbonyl (C=O) groups excluding carboxylic acids is 1. The van der Waals surface area contributed by atoms with Gasteiger partial charge in [0, 0.05) is 5.02 Å². The van der Waals surface area contributed by atoms with Crippen LogP contribution in [0.5, 0.6) is 5.75 Å². The first-order valence-electron chi connectivity index (χ1n) is 7.88. The van der Waals surface area contributed by atoms with Crippen LogP contribution in [0.25, 0.3) is 0 Å². The molecule has 0 aliphatic heterocycles. The third-order valence-corrected chi connectivity index (χ3v) is 5.16. The van der Waals surface area contributed by atoms with Crippen molar-refractivity contribution in [2.75, 3.05) is 14.2 Å². The summed E-state index contributed by atoms with van der Waals surface area (Å²) in [5.74, 6) is 1.87. The summed E-state index contributed by atoms with van der Waals surface area (Å²) in [4.78, 5) is 11.8. The number of halogens is 1. The van der Waals surface area contributed by atoms with Gasteiger partial charge in [-0.15, -0.1) is 0 Å². The lowest BCUT2D eigenvalue weighted by molar-refractivity contribution is -0.135. The highest BCUT2D eigenvalue weighted by Gasteiger charge is 2.43. The van der Waals surface area contributed by atoms with Gasteiger partial charge in [-0.2, -0.15) is 0 Å². The first kappa shape index (κ1) is 16.1. The lowest BCUT2D eigenvalue weighted by atomic mass is 9.86. The third-order valence-electron chi connectivity index (χ3n) is 4.83. The molecular formula is C19H21ClO3. The van der Waals surface area contributed by atoms with E-state index < -0.39 is 0 Å². The number of benzene rings is 1.